The highest BCUT2D eigenvalue weighted by Gasteiger charge is 2.38. The van der Waals surface area contributed by atoms with E-state index in [-0.39, 0.29) is 0 Å². The summed E-state index contributed by atoms with van der Waals surface area (Å²) in [6.45, 7) is 4.75. The molecular weight excluding hydrogens is 224 g/mol. The summed E-state index contributed by atoms with van der Waals surface area (Å²) >= 11 is 0. The molecule has 0 amide bonds. The number of aryl methyl sites for hydroxylation is 2. The van der Waals surface area contributed by atoms with Crippen molar-refractivity contribution in [2.75, 3.05) is 0 Å². The molecule has 1 aliphatic carbocycles. The molecule has 0 spiro atoms. The zero-order valence-electron chi connectivity index (χ0n) is 11.8. The molecule has 0 saturated heterocycles. The largest absolute Gasteiger partial charge is 0.276 e. The fourth-order valence-corrected chi connectivity index (χ4v) is 3.42. The van der Waals surface area contributed by atoms with Crippen LogP contribution >= 0.6 is 0 Å². The zero-order chi connectivity index (χ0) is 13.2. The molecule has 1 aromatic heterocycles. The maximum absolute atomic E-state index is 5.77. The summed E-state index contributed by atoms with van der Waals surface area (Å²) in [6, 6.07) is 0.419. The van der Waals surface area contributed by atoms with Gasteiger partial charge in [-0.2, -0.15) is 5.10 Å². The third-order valence-electron chi connectivity index (χ3n) is 4.54. The topological polar surface area (TPSA) is 55.9 Å². The van der Waals surface area contributed by atoms with E-state index in [0.717, 1.165) is 12.8 Å². The molecule has 1 aromatic rings. The summed E-state index contributed by atoms with van der Waals surface area (Å²) in [6.07, 6.45) is 10.1. The molecule has 0 aliphatic heterocycles. The molecule has 0 radical (unpaired) electrons. The van der Waals surface area contributed by atoms with Crippen molar-refractivity contribution >= 4 is 0 Å². The number of nitrogens with one attached hydrogen (secondary N) is 1. The number of nitrogens with zero attached hydrogens (tertiary/aromatic N) is 2. The van der Waals surface area contributed by atoms with Gasteiger partial charge in [-0.1, -0.05) is 20.3 Å². The van der Waals surface area contributed by atoms with E-state index in [1.54, 1.807) is 0 Å². The van der Waals surface area contributed by atoms with Crippen LogP contribution in [0.3, 0.4) is 0 Å². The smallest absolute Gasteiger partial charge is 0.0521 e. The summed E-state index contributed by atoms with van der Waals surface area (Å²) in [5.74, 6) is 6.47. The Morgan fingerprint density at radius 3 is 2.89 bits per heavy atom. The van der Waals surface area contributed by atoms with Gasteiger partial charge < -0.3 is 0 Å². The van der Waals surface area contributed by atoms with Crippen molar-refractivity contribution in [3.05, 3.63) is 18.0 Å². The predicted molar refractivity (Wildman–Crippen MR) is 73.8 cm³/mol. The van der Waals surface area contributed by atoms with Gasteiger partial charge in [0.25, 0.3) is 0 Å². The first-order valence-corrected chi connectivity index (χ1v) is 6.96. The van der Waals surface area contributed by atoms with Crippen LogP contribution in [0.5, 0.6) is 0 Å². The third kappa shape index (κ3) is 2.93. The van der Waals surface area contributed by atoms with Crippen LogP contribution < -0.4 is 11.3 Å². The van der Waals surface area contributed by atoms with E-state index in [2.05, 4.69) is 30.6 Å². The van der Waals surface area contributed by atoms with Crippen LogP contribution in [0.1, 0.15) is 45.1 Å². The molecule has 0 bridgehead atoms. The normalized spacial score (nSPS) is 24.3. The minimum absolute atomic E-state index is 0.419. The lowest BCUT2D eigenvalue weighted by molar-refractivity contribution is 0.190. The summed E-state index contributed by atoms with van der Waals surface area (Å²) < 4.78 is 1.86. The van der Waals surface area contributed by atoms with Gasteiger partial charge in [0.1, 0.15) is 0 Å². The van der Waals surface area contributed by atoms with E-state index < -0.39 is 0 Å². The highest BCUT2D eigenvalue weighted by molar-refractivity contribution is 5.04. The van der Waals surface area contributed by atoms with Crippen molar-refractivity contribution in [2.45, 2.75) is 52.0 Å². The van der Waals surface area contributed by atoms with Gasteiger partial charge >= 0.3 is 0 Å². The summed E-state index contributed by atoms with van der Waals surface area (Å²) in [7, 11) is 1.96. The summed E-state index contributed by atoms with van der Waals surface area (Å²) in [5, 5.41) is 4.21. The molecule has 1 fully saturated rings. The number of aromatic nitrogens is 2. The van der Waals surface area contributed by atoms with E-state index in [0.29, 0.717) is 17.4 Å². The Balaban J connectivity index is 1.93. The second-order valence-electron chi connectivity index (χ2n) is 6.32. The van der Waals surface area contributed by atoms with E-state index >= 15 is 0 Å². The molecule has 1 aliphatic rings. The second-order valence-corrected chi connectivity index (χ2v) is 6.32. The van der Waals surface area contributed by atoms with Gasteiger partial charge in [-0.25, -0.2) is 0 Å². The summed E-state index contributed by atoms with van der Waals surface area (Å²) in [5.41, 5.74) is 4.77. The fraction of sp³-hybridized carbons (Fsp3) is 0.786. The van der Waals surface area contributed by atoms with Crippen molar-refractivity contribution in [1.82, 2.24) is 15.2 Å². The number of hydrazine groups is 1. The van der Waals surface area contributed by atoms with Gasteiger partial charge in [-0.05, 0) is 42.6 Å². The van der Waals surface area contributed by atoms with Gasteiger partial charge in [0, 0.05) is 19.3 Å². The predicted octanol–water partition coefficient (Wildman–Crippen LogP) is 2.01. The Hall–Kier alpha value is -0.870. The van der Waals surface area contributed by atoms with E-state index in [4.69, 9.17) is 5.84 Å². The average molecular weight is 250 g/mol. The Bertz CT molecular complexity index is 383. The fourth-order valence-electron chi connectivity index (χ4n) is 3.42. The monoisotopic (exact) mass is 250 g/mol. The lowest BCUT2D eigenvalue weighted by atomic mass is 9.76. The maximum Gasteiger partial charge on any atom is 0.0521 e. The lowest BCUT2D eigenvalue weighted by Gasteiger charge is -2.33. The Morgan fingerprint density at radius 1 is 1.61 bits per heavy atom. The minimum atomic E-state index is 0.419. The maximum atomic E-state index is 5.77. The van der Waals surface area contributed by atoms with E-state index in [1.165, 1.54) is 24.8 Å². The van der Waals surface area contributed by atoms with Crippen LogP contribution in [0.15, 0.2) is 12.4 Å². The van der Waals surface area contributed by atoms with Gasteiger partial charge in [0.2, 0.25) is 0 Å². The number of hydrogen-bond donors (Lipinski definition) is 2. The van der Waals surface area contributed by atoms with Crippen LogP contribution in [-0.2, 0) is 13.5 Å². The van der Waals surface area contributed by atoms with Gasteiger partial charge in [0.15, 0.2) is 0 Å². The van der Waals surface area contributed by atoms with Crippen molar-refractivity contribution in [3.63, 3.8) is 0 Å². The molecule has 3 N–H and O–H groups in total. The lowest BCUT2D eigenvalue weighted by Crippen LogP contribution is -2.44. The van der Waals surface area contributed by atoms with Gasteiger partial charge in [0.05, 0.1) is 6.20 Å². The average Bonchev–Trinajstić information content (AvgIpc) is 2.87. The van der Waals surface area contributed by atoms with Crippen molar-refractivity contribution < 1.29 is 0 Å². The van der Waals surface area contributed by atoms with Crippen LogP contribution in [0, 0.1) is 11.3 Å². The molecule has 4 nitrogen and oxygen atoms in total. The zero-order valence-corrected chi connectivity index (χ0v) is 11.8. The highest BCUT2D eigenvalue weighted by atomic mass is 15.2. The van der Waals surface area contributed by atoms with Crippen molar-refractivity contribution in [1.29, 1.82) is 0 Å². The van der Waals surface area contributed by atoms with Crippen LogP contribution in [0.25, 0.3) is 0 Å². The van der Waals surface area contributed by atoms with Crippen LogP contribution in [-0.4, -0.2) is 15.8 Å². The molecule has 0 aromatic carbocycles. The standard InChI is InChI=1S/C14H26N4/c1-14(2)8-4-5-12(14)13(17-15)7-6-11-9-16-18(3)10-11/h9-10,12-13,17H,4-8,15H2,1-3H3. The summed E-state index contributed by atoms with van der Waals surface area (Å²) in [4.78, 5) is 0. The van der Waals surface area contributed by atoms with E-state index in [9.17, 15) is 0 Å². The van der Waals surface area contributed by atoms with Crippen molar-refractivity contribution in [3.8, 4) is 0 Å². The highest BCUT2D eigenvalue weighted by Crippen LogP contribution is 2.44. The Kier molecular flexibility index (Phi) is 4.07. The molecule has 18 heavy (non-hydrogen) atoms. The second kappa shape index (κ2) is 5.41. The molecule has 1 saturated carbocycles. The molecule has 2 unspecified atom stereocenters. The Morgan fingerprint density at radius 2 is 2.39 bits per heavy atom. The molecule has 4 heteroatoms. The Labute approximate surface area is 110 Å². The van der Waals surface area contributed by atoms with Crippen LogP contribution in [0.2, 0.25) is 0 Å². The quantitative estimate of drug-likeness (QED) is 0.621. The van der Waals surface area contributed by atoms with Gasteiger partial charge in [-0.15, -0.1) is 0 Å². The SMILES string of the molecule is Cn1cc(CCC(NN)C2CCCC2(C)C)cn1. The molecule has 102 valence electrons. The minimum Gasteiger partial charge on any atom is -0.276 e. The van der Waals surface area contributed by atoms with Crippen LogP contribution in [0.4, 0.5) is 0 Å². The molecule has 2 atom stereocenters. The number of nitrogens with two attached hydrogens (primary N) is 1. The molecular formula is C14H26N4. The molecule has 1 heterocycles. The van der Waals surface area contributed by atoms with Gasteiger partial charge in [-0.3, -0.25) is 16.0 Å². The number of hydrogen-bond acceptors (Lipinski definition) is 3. The molecule has 2 rings (SSSR count). The first-order valence-electron chi connectivity index (χ1n) is 6.96. The van der Waals surface area contributed by atoms with E-state index in [1.807, 2.05) is 17.9 Å². The first kappa shape index (κ1) is 13.6. The third-order valence-corrected chi connectivity index (χ3v) is 4.54. The first-order chi connectivity index (χ1) is 8.53. The van der Waals surface area contributed by atoms with Crippen molar-refractivity contribution in [2.24, 2.45) is 24.2 Å². The number of rotatable bonds is 5.